The van der Waals surface area contributed by atoms with Crippen molar-refractivity contribution < 1.29 is 13.9 Å². The van der Waals surface area contributed by atoms with Gasteiger partial charge in [0.25, 0.3) is 5.56 Å². The molecule has 0 aliphatic carbocycles. The summed E-state index contributed by atoms with van der Waals surface area (Å²) in [4.78, 5) is 29.5. The standard InChI is InChI=1S/C24H15Cl2N3O4S/c1-2-32-23(31)14-5-3-13(4-6-14)19-10-8-16(33-19)12-20-22(30)29-24(34-20)27-21(28-29)17-9-7-15(25)11-18(17)26/h3-12H,2H2,1H3/b20-12-. The average molecular weight is 512 g/mol. The molecule has 0 aliphatic heterocycles. The molecular weight excluding hydrogens is 497 g/mol. The fourth-order valence-corrected chi connectivity index (χ4v) is 4.70. The summed E-state index contributed by atoms with van der Waals surface area (Å²) >= 11 is 13.4. The molecule has 0 fully saturated rings. The molecule has 10 heteroatoms. The number of hydrogen-bond acceptors (Lipinski definition) is 7. The van der Waals surface area contributed by atoms with Gasteiger partial charge < -0.3 is 9.15 Å². The molecule has 3 heterocycles. The van der Waals surface area contributed by atoms with Crippen molar-refractivity contribution in [3.05, 3.63) is 90.9 Å². The fraction of sp³-hybridized carbons (Fsp3) is 0.0833. The third-order valence-electron chi connectivity index (χ3n) is 4.93. The van der Waals surface area contributed by atoms with E-state index in [1.165, 1.54) is 15.9 Å². The van der Waals surface area contributed by atoms with Crippen molar-refractivity contribution >= 4 is 51.5 Å². The Kier molecular flexibility index (Phi) is 5.95. The molecule has 5 rings (SSSR count). The molecule has 7 nitrogen and oxygen atoms in total. The molecule has 0 saturated carbocycles. The molecule has 0 amide bonds. The maximum atomic E-state index is 12.8. The van der Waals surface area contributed by atoms with Gasteiger partial charge in [0, 0.05) is 22.2 Å². The monoisotopic (exact) mass is 511 g/mol. The minimum atomic E-state index is -0.372. The van der Waals surface area contributed by atoms with E-state index in [-0.39, 0.29) is 11.5 Å². The van der Waals surface area contributed by atoms with Crippen LogP contribution in [0.5, 0.6) is 0 Å². The quantitative estimate of drug-likeness (QED) is 0.304. The third kappa shape index (κ3) is 4.23. The van der Waals surface area contributed by atoms with Crippen molar-refractivity contribution in [1.82, 2.24) is 14.6 Å². The van der Waals surface area contributed by atoms with Crippen molar-refractivity contribution in [3.63, 3.8) is 0 Å². The summed E-state index contributed by atoms with van der Waals surface area (Å²) in [6.07, 6.45) is 1.65. The minimum absolute atomic E-state index is 0.305. The van der Waals surface area contributed by atoms with Crippen molar-refractivity contribution in [2.45, 2.75) is 6.92 Å². The third-order valence-corrected chi connectivity index (χ3v) is 6.44. The average Bonchev–Trinajstić information content (AvgIpc) is 3.52. The number of hydrogen-bond donors (Lipinski definition) is 0. The second-order valence-corrected chi connectivity index (χ2v) is 9.02. The van der Waals surface area contributed by atoms with Crippen LogP contribution in [0.2, 0.25) is 10.0 Å². The first-order valence-electron chi connectivity index (χ1n) is 10.2. The number of aromatic nitrogens is 3. The van der Waals surface area contributed by atoms with Crippen LogP contribution in [0.25, 0.3) is 33.7 Å². The molecule has 2 aromatic carbocycles. The number of furan rings is 1. The lowest BCUT2D eigenvalue weighted by Crippen LogP contribution is -2.23. The van der Waals surface area contributed by atoms with Crippen LogP contribution in [0.15, 0.2) is 63.8 Å². The number of rotatable bonds is 5. The predicted molar refractivity (Wildman–Crippen MR) is 131 cm³/mol. The van der Waals surface area contributed by atoms with E-state index >= 15 is 0 Å². The van der Waals surface area contributed by atoms with Crippen molar-refractivity contribution in [3.8, 4) is 22.7 Å². The maximum absolute atomic E-state index is 12.8. The largest absolute Gasteiger partial charge is 0.462 e. The topological polar surface area (TPSA) is 86.7 Å². The number of carbonyl (C=O) groups is 1. The van der Waals surface area contributed by atoms with Crippen LogP contribution in [0, 0.1) is 0 Å². The Labute approximate surface area is 206 Å². The first-order chi connectivity index (χ1) is 16.4. The van der Waals surface area contributed by atoms with Gasteiger partial charge in [0.05, 0.1) is 17.2 Å². The molecule has 3 aromatic heterocycles. The van der Waals surface area contributed by atoms with E-state index in [0.29, 0.717) is 54.6 Å². The smallest absolute Gasteiger partial charge is 0.338 e. The highest BCUT2D eigenvalue weighted by atomic mass is 35.5. The second-order valence-electron chi connectivity index (χ2n) is 7.17. The second kappa shape index (κ2) is 9.06. The minimum Gasteiger partial charge on any atom is -0.462 e. The van der Waals surface area contributed by atoms with E-state index in [4.69, 9.17) is 32.4 Å². The Morgan fingerprint density at radius 3 is 2.65 bits per heavy atom. The van der Waals surface area contributed by atoms with E-state index in [2.05, 4.69) is 10.1 Å². The Hall–Kier alpha value is -3.46. The SMILES string of the molecule is CCOC(=O)c1ccc(-c2ccc(/C=c3\sc4nc(-c5ccc(Cl)cc5Cl)nn4c3=O)o2)cc1. The van der Waals surface area contributed by atoms with Crippen LogP contribution >= 0.6 is 34.5 Å². The number of nitrogens with zero attached hydrogens (tertiary/aromatic N) is 3. The summed E-state index contributed by atoms with van der Waals surface area (Å²) < 4.78 is 12.6. The number of ether oxygens (including phenoxy) is 1. The van der Waals surface area contributed by atoms with E-state index in [9.17, 15) is 9.59 Å². The van der Waals surface area contributed by atoms with Crippen LogP contribution in [-0.2, 0) is 4.74 Å². The lowest BCUT2D eigenvalue weighted by atomic mass is 10.1. The highest BCUT2D eigenvalue weighted by Crippen LogP contribution is 2.28. The molecule has 0 radical (unpaired) electrons. The van der Waals surface area contributed by atoms with Crippen molar-refractivity contribution in [2.24, 2.45) is 0 Å². The predicted octanol–water partition coefficient (Wildman–Crippen LogP) is 5.11. The van der Waals surface area contributed by atoms with Gasteiger partial charge in [-0.2, -0.15) is 9.50 Å². The zero-order chi connectivity index (χ0) is 23.8. The molecular formula is C24H15Cl2N3O4S. The van der Waals surface area contributed by atoms with Crippen LogP contribution in [0.4, 0.5) is 0 Å². The molecule has 34 heavy (non-hydrogen) atoms. The molecule has 0 spiro atoms. The van der Waals surface area contributed by atoms with E-state index in [1.807, 2.05) is 0 Å². The Morgan fingerprint density at radius 2 is 1.94 bits per heavy atom. The molecule has 0 unspecified atom stereocenters. The Bertz CT molecular complexity index is 1640. The summed E-state index contributed by atoms with van der Waals surface area (Å²) in [5.74, 6) is 1.09. The Balaban J connectivity index is 1.43. The van der Waals surface area contributed by atoms with Gasteiger partial charge in [-0.3, -0.25) is 4.79 Å². The lowest BCUT2D eigenvalue weighted by Gasteiger charge is -2.02. The Morgan fingerprint density at radius 1 is 1.15 bits per heavy atom. The zero-order valence-electron chi connectivity index (χ0n) is 17.6. The van der Waals surface area contributed by atoms with Gasteiger partial charge in [-0.25, -0.2) is 4.79 Å². The van der Waals surface area contributed by atoms with Gasteiger partial charge in [0.15, 0.2) is 5.82 Å². The van der Waals surface area contributed by atoms with Gasteiger partial charge >= 0.3 is 5.97 Å². The molecule has 0 aliphatic rings. The molecule has 0 bridgehead atoms. The van der Waals surface area contributed by atoms with Crippen molar-refractivity contribution in [1.29, 1.82) is 0 Å². The summed E-state index contributed by atoms with van der Waals surface area (Å²) in [7, 11) is 0. The number of benzene rings is 2. The normalized spacial score (nSPS) is 11.9. The molecule has 0 N–H and O–H groups in total. The number of halogens is 2. The number of fused-ring (bicyclic) bond motifs is 1. The number of esters is 1. The summed E-state index contributed by atoms with van der Waals surface area (Å²) in [6, 6.07) is 15.5. The van der Waals surface area contributed by atoms with E-state index in [0.717, 1.165) is 5.56 Å². The summed E-state index contributed by atoms with van der Waals surface area (Å²) in [5.41, 5.74) is 1.55. The first-order valence-corrected chi connectivity index (χ1v) is 11.7. The summed E-state index contributed by atoms with van der Waals surface area (Å²) in [6.45, 7) is 2.08. The van der Waals surface area contributed by atoms with Gasteiger partial charge in [-0.1, -0.05) is 46.7 Å². The van der Waals surface area contributed by atoms with Crippen LogP contribution in [0.3, 0.4) is 0 Å². The van der Waals surface area contributed by atoms with Crippen LogP contribution < -0.4 is 10.1 Å². The fourth-order valence-electron chi connectivity index (χ4n) is 3.32. The van der Waals surface area contributed by atoms with Gasteiger partial charge in [0.2, 0.25) is 4.96 Å². The number of thiazole rings is 1. The molecule has 0 saturated heterocycles. The maximum Gasteiger partial charge on any atom is 0.338 e. The van der Waals surface area contributed by atoms with Gasteiger partial charge in [-0.05, 0) is 49.4 Å². The number of carbonyl (C=O) groups excluding carboxylic acids is 1. The van der Waals surface area contributed by atoms with Crippen molar-refractivity contribution in [2.75, 3.05) is 6.61 Å². The van der Waals surface area contributed by atoms with E-state index < -0.39 is 0 Å². The van der Waals surface area contributed by atoms with Gasteiger partial charge in [-0.15, -0.1) is 5.10 Å². The first kappa shape index (κ1) is 22.3. The van der Waals surface area contributed by atoms with Crippen LogP contribution in [-0.4, -0.2) is 27.2 Å². The lowest BCUT2D eigenvalue weighted by molar-refractivity contribution is 0.0526. The summed E-state index contributed by atoms with van der Waals surface area (Å²) in [5, 5.41) is 5.22. The molecule has 5 aromatic rings. The highest BCUT2D eigenvalue weighted by molar-refractivity contribution is 7.15. The van der Waals surface area contributed by atoms with E-state index in [1.54, 1.807) is 67.6 Å². The van der Waals surface area contributed by atoms with Gasteiger partial charge in [0.1, 0.15) is 16.1 Å². The molecule has 0 atom stereocenters. The zero-order valence-corrected chi connectivity index (χ0v) is 19.9. The molecule has 170 valence electrons. The van der Waals surface area contributed by atoms with Crippen LogP contribution in [0.1, 0.15) is 23.0 Å². The highest BCUT2D eigenvalue weighted by Gasteiger charge is 2.15.